The van der Waals surface area contributed by atoms with Crippen molar-refractivity contribution in [3.8, 4) is 34.5 Å². The van der Waals surface area contributed by atoms with Gasteiger partial charge in [0.2, 0.25) is 5.91 Å². The highest BCUT2D eigenvalue weighted by molar-refractivity contribution is 5.89. The lowest BCUT2D eigenvalue weighted by Crippen LogP contribution is -2.51. The smallest absolute Gasteiger partial charge is 0.410 e. The maximum Gasteiger partial charge on any atom is 0.410 e. The third-order valence-electron chi connectivity index (χ3n) is 17.2. The second-order valence-electron chi connectivity index (χ2n) is 23.9. The molecule has 3 aromatic rings. The lowest BCUT2D eigenvalue weighted by atomic mass is 9.78. The molecule has 0 bridgehead atoms. The topological polar surface area (TPSA) is 147 Å². The molecule has 2 amide bonds. The molecule has 10 rings (SSSR count). The SMILES string of the molecule is COc1cc2c(cc1OC)C1CC(N)C(CC(C)C)CN1CC2.COc1cc2c(cc1OC)C1CC(OC(=O)N3CCCCC3)C(CC(C)C)CN1CC2.COc1cc2c(cc1OC)C1CC(OCC(C)C)=CC(=O)N1CC2. The van der Waals surface area contributed by atoms with Gasteiger partial charge in [-0.25, -0.2) is 4.79 Å². The lowest BCUT2D eigenvalue weighted by molar-refractivity contribution is -0.130. The molecule has 2 N–H and O–H groups in total. The molecule has 0 radical (unpaired) electrons. The number of likely N-dealkylation sites (tertiary alicyclic amines) is 1. The summed E-state index contributed by atoms with van der Waals surface area (Å²) < 4.78 is 45.0. The van der Waals surface area contributed by atoms with Gasteiger partial charge in [-0.05, 0) is 151 Å². The van der Waals surface area contributed by atoms with E-state index in [9.17, 15) is 9.59 Å². The van der Waals surface area contributed by atoms with Crippen molar-refractivity contribution in [1.29, 1.82) is 0 Å². The molecule has 15 nitrogen and oxygen atoms in total. The molecule has 430 valence electrons. The lowest BCUT2D eigenvalue weighted by Gasteiger charge is -2.47. The largest absolute Gasteiger partial charge is 0.497 e. The zero-order chi connectivity index (χ0) is 55.8. The molecule has 7 atom stereocenters. The minimum Gasteiger partial charge on any atom is -0.497 e. The first-order chi connectivity index (χ1) is 37.6. The first-order valence-corrected chi connectivity index (χ1v) is 29.1. The van der Waals surface area contributed by atoms with E-state index in [4.69, 9.17) is 43.6 Å². The van der Waals surface area contributed by atoms with E-state index in [1.165, 1.54) is 40.7 Å². The first kappa shape index (κ1) is 58.8. The molecule has 7 unspecified atom stereocenters. The molecule has 7 aliphatic heterocycles. The summed E-state index contributed by atoms with van der Waals surface area (Å²) in [7, 11) is 10.1. The van der Waals surface area contributed by atoms with E-state index in [0.29, 0.717) is 54.4 Å². The molecule has 3 fully saturated rings. The van der Waals surface area contributed by atoms with Crippen LogP contribution in [-0.4, -0.2) is 139 Å². The Bertz CT molecular complexity index is 2540. The third kappa shape index (κ3) is 13.6. The molecule has 78 heavy (non-hydrogen) atoms. The number of ether oxygens (including phenoxy) is 8. The molecule has 7 aliphatic rings. The van der Waals surface area contributed by atoms with Crippen LogP contribution in [0.1, 0.15) is 144 Å². The Hall–Kier alpha value is -5.38. The van der Waals surface area contributed by atoms with Gasteiger partial charge >= 0.3 is 6.09 Å². The molecular formula is C63H93N5O10. The summed E-state index contributed by atoms with van der Waals surface area (Å²) in [6.45, 7) is 20.6. The fraction of sp³-hybridized carbons (Fsp3) is 0.651. The summed E-state index contributed by atoms with van der Waals surface area (Å²) in [6, 6.07) is 13.6. The Morgan fingerprint density at radius 2 is 1.01 bits per heavy atom. The number of nitrogens with zero attached hydrogens (tertiary/aromatic N) is 4. The predicted molar refractivity (Wildman–Crippen MR) is 305 cm³/mol. The van der Waals surface area contributed by atoms with Crippen LogP contribution in [0, 0.1) is 29.6 Å². The van der Waals surface area contributed by atoms with Crippen molar-refractivity contribution in [3.05, 3.63) is 81.6 Å². The highest BCUT2D eigenvalue weighted by atomic mass is 16.6. The van der Waals surface area contributed by atoms with Crippen molar-refractivity contribution >= 4 is 12.0 Å². The monoisotopic (exact) mass is 1080 g/mol. The Morgan fingerprint density at radius 1 is 0.564 bits per heavy atom. The van der Waals surface area contributed by atoms with Crippen molar-refractivity contribution in [1.82, 2.24) is 19.6 Å². The van der Waals surface area contributed by atoms with Gasteiger partial charge in [-0.15, -0.1) is 0 Å². The fourth-order valence-corrected chi connectivity index (χ4v) is 13.3. The summed E-state index contributed by atoms with van der Waals surface area (Å²) in [5.74, 6) is 8.19. The number of nitrogens with two attached hydrogens (primary N) is 1. The Kier molecular flexibility index (Phi) is 20.1. The number of hydrogen-bond donors (Lipinski definition) is 1. The highest BCUT2D eigenvalue weighted by Gasteiger charge is 2.43. The number of carbonyl (C=O) groups excluding carboxylic acids is 2. The summed E-state index contributed by atoms with van der Waals surface area (Å²) >= 11 is 0. The molecule has 15 heteroatoms. The van der Waals surface area contributed by atoms with Gasteiger partial charge in [-0.2, -0.15) is 0 Å². The van der Waals surface area contributed by atoms with Gasteiger partial charge in [-0.3, -0.25) is 14.6 Å². The molecule has 3 aromatic carbocycles. The van der Waals surface area contributed by atoms with Gasteiger partial charge in [0.1, 0.15) is 11.9 Å². The van der Waals surface area contributed by atoms with E-state index in [-0.39, 0.29) is 36.2 Å². The van der Waals surface area contributed by atoms with Gasteiger partial charge in [-0.1, -0.05) is 41.5 Å². The van der Waals surface area contributed by atoms with E-state index in [0.717, 1.165) is 137 Å². The van der Waals surface area contributed by atoms with Crippen LogP contribution in [0.4, 0.5) is 4.79 Å². The number of benzene rings is 3. The molecular weight excluding hydrogens is 987 g/mol. The number of fused-ring (bicyclic) bond motifs is 9. The van der Waals surface area contributed by atoms with Crippen LogP contribution in [-0.2, 0) is 33.5 Å². The maximum atomic E-state index is 12.9. The molecule has 0 aliphatic carbocycles. The van der Waals surface area contributed by atoms with E-state index >= 15 is 0 Å². The molecule has 0 aromatic heterocycles. The molecule has 0 saturated carbocycles. The van der Waals surface area contributed by atoms with Crippen molar-refractivity contribution in [2.24, 2.45) is 35.3 Å². The normalized spacial score (nSPS) is 24.5. The van der Waals surface area contributed by atoms with Crippen LogP contribution in [0.5, 0.6) is 34.5 Å². The van der Waals surface area contributed by atoms with Crippen LogP contribution in [0.15, 0.2) is 48.2 Å². The zero-order valence-electron chi connectivity index (χ0n) is 49.2. The van der Waals surface area contributed by atoms with Gasteiger partial charge in [0.05, 0.1) is 55.3 Å². The van der Waals surface area contributed by atoms with Crippen molar-refractivity contribution < 1.29 is 47.5 Å². The van der Waals surface area contributed by atoms with Crippen LogP contribution < -0.4 is 34.2 Å². The van der Waals surface area contributed by atoms with Crippen molar-refractivity contribution in [2.75, 3.05) is 95.1 Å². The number of hydrogen-bond acceptors (Lipinski definition) is 13. The predicted octanol–water partition coefficient (Wildman–Crippen LogP) is 10.7. The minimum atomic E-state index is -0.116. The third-order valence-corrected chi connectivity index (χ3v) is 17.2. The van der Waals surface area contributed by atoms with Crippen LogP contribution in [0.25, 0.3) is 0 Å². The van der Waals surface area contributed by atoms with Gasteiger partial charge in [0.15, 0.2) is 34.5 Å². The Labute approximate surface area is 466 Å². The number of amides is 2. The average Bonchev–Trinajstić information content (AvgIpc) is 3.58. The van der Waals surface area contributed by atoms with Gasteiger partial charge in [0.25, 0.3) is 0 Å². The van der Waals surface area contributed by atoms with Crippen LogP contribution >= 0.6 is 0 Å². The Balaban J connectivity index is 0.000000157. The zero-order valence-corrected chi connectivity index (χ0v) is 49.2. The molecule has 3 saturated heterocycles. The maximum absolute atomic E-state index is 12.9. The quantitative estimate of drug-likeness (QED) is 0.163. The minimum absolute atomic E-state index is 0.00761. The Morgan fingerprint density at radius 3 is 1.50 bits per heavy atom. The standard InChI is InChI=1S/C25H38N2O4.C19H30N2O2.C19H25NO4/c1-17(2)12-19-16-27-11-8-18-13-23(29-3)24(30-4)14-20(18)21(27)15-22(19)31-25(28)26-9-6-5-7-10-26;1-12(2)7-14-11-21-6-5-13-8-18(22-3)19(23-4)9-15(13)17(21)10-16(14)20;1-12(2)11-24-14-8-16-15-10-18(23-4)17(22-3)7-13(15)5-6-20(16)19(21)9-14/h13-14,17,19,21-22H,5-12,15-16H2,1-4H3;8-9,12,14,16-17H,5-7,10-11,20H2,1-4H3;7,9-10,12,16H,5-6,8,11H2,1-4H3. The second-order valence-corrected chi connectivity index (χ2v) is 23.9. The van der Waals surface area contributed by atoms with Gasteiger partial charge in [0, 0.05) is 88.8 Å². The number of carbonyl (C=O) groups is 2. The summed E-state index contributed by atoms with van der Waals surface area (Å²) in [5.41, 5.74) is 14.3. The first-order valence-electron chi connectivity index (χ1n) is 29.1. The van der Waals surface area contributed by atoms with Crippen molar-refractivity contribution in [3.63, 3.8) is 0 Å². The van der Waals surface area contributed by atoms with E-state index in [1.54, 1.807) is 48.7 Å². The average molecular weight is 1080 g/mol. The fourth-order valence-electron chi connectivity index (χ4n) is 13.3. The van der Waals surface area contributed by atoms with Gasteiger partial charge < -0.3 is 53.4 Å². The molecule has 7 heterocycles. The summed E-state index contributed by atoms with van der Waals surface area (Å²) in [6.07, 6.45) is 12.7. The number of methoxy groups -OCH3 is 6. The summed E-state index contributed by atoms with van der Waals surface area (Å²) in [4.78, 5) is 34.5. The van der Waals surface area contributed by atoms with Crippen molar-refractivity contribution in [2.45, 2.75) is 142 Å². The van der Waals surface area contributed by atoms with E-state index in [1.807, 2.05) is 21.9 Å². The highest BCUT2D eigenvalue weighted by Crippen LogP contribution is 2.47. The van der Waals surface area contributed by atoms with E-state index in [2.05, 4.69) is 75.6 Å². The second kappa shape index (κ2) is 26.7. The van der Waals surface area contributed by atoms with Crippen LogP contribution in [0.2, 0.25) is 0 Å². The molecule has 0 spiro atoms. The number of rotatable bonds is 14. The summed E-state index contributed by atoms with van der Waals surface area (Å²) in [5, 5.41) is 0. The van der Waals surface area contributed by atoms with E-state index < -0.39 is 0 Å². The van der Waals surface area contributed by atoms with Crippen LogP contribution in [0.3, 0.4) is 0 Å². The number of piperidine rings is 3.